The summed E-state index contributed by atoms with van der Waals surface area (Å²) < 4.78 is 50.9. The van der Waals surface area contributed by atoms with Gasteiger partial charge in [0.1, 0.15) is 17.2 Å². The Morgan fingerprint density at radius 3 is 0.951 bits per heavy atom. The number of ether oxygens (including phenoxy) is 3. The smallest absolute Gasteiger partial charge is 0.358 e. The van der Waals surface area contributed by atoms with Crippen LogP contribution in [0.1, 0.15) is 102 Å². The van der Waals surface area contributed by atoms with Gasteiger partial charge in [0.25, 0.3) is 0 Å². The molecule has 0 saturated heterocycles. The Labute approximate surface area is 247 Å². The third kappa shape index (κ3) is 13.5. The normalized spacial score (nSPS) is 13.4. The second-order valence-electron chi connectivity index (χ2n) is 11.6. The van der Waals surface area contributed by atoms with E-state index < -0.39 is 25.0 Å². The van der Waals surface area contributed by atoms with Gasteiger partial charge in [-0.25, -0.2) is 4.57 Å². The quantitative estimate of drug-likeness (QED) is 0.0651. The van der Waals surface area contributed by atoms with E-state index in [0.717, 1.165) is 0 Å². The Morgan fingerprint density at radius 1 is 0.561 bits per heavy atom. The van der Waals surface area contributed by atoms with Crippen LogP contribution in [-0.2, 0) is 32.6 Å². The lowest BCUT2D eigenvalue weighted by molar-refractivity contribution is -0.329. The Hall–Kier alpha value is -1.66. The summed E-state index contributed by atoms with van der Waals surface area (Å²) >= 11 is 0. The van der Waals surface area contributed by atoms with E-state index in [4.69, 9.17) is 43.9 Å². The minimum absolute atomic E-state index is 0.123. The van der Waals surface area contributed by atoms with E-state index in [-0.39, 0.29) is 57.2 Å². The molecule has 0 aromatic rings. The van der Waals surface area contributed by atoms with Crippen LogP contribution < -0.4 is 0 Å². The average molecular weight is 603 g/mol. The minimum atomic E-state index is -4.61. The lowest BCUT2D eigenvalue weighted by atomic mass is 10.2. The topological polar surface area (TPSA) is 154 Å². The van der Waals surface area contributed by atoms with Gasteiger partial charge in [0.2, 0.25) is 0 Å². The lowest BCUT2D eigenvalue weighted by Crippen LogP contribution is -2.54. The van der Waals surface area contributed by atoms with Gasteiger partial charge in [-0.1, -0.05) is 0 Å². The summed E-state index contributed by atoms with van der Waals surface area (Å²) in [5.74, 6) is 0. The molecule has 236 valence electrons. The molecular weight excluding hydrogens is 551 g/mol. The van der Waals surface area contributed by atoms with E-state index in [1.807, 2.05) is 59.8 Å². The first kappa shape index (κ1) is 39.3. The maximum absolute atomic E-state index is 14.8. The summed E-state index contributed by atoms with van der Waals surface area (Å²) in [6.45, 7) is 21.6. The molecule has 0 saturated carbocycles. The van der Waals surface area contributed by atoms with Crippen molar-refractivity contribution < 1.29 is 32.6 Å². The largest absolute Gasteiger partial charge is 0.525 e. The van der Waals surface area contributed by atoms with Crippen LogP contribution in [0, 0.1) is 34.0 Å². The Kier molecular flexibility index (Phi) is 16.7. The molecule has 0 rings (SSSR count). The van der Waals surface area contributed by atoms with Crippen molar-refractivity contribution in [3.8, 4) is 18.2 Å². The predicted molar refractivity (Wildman–Crippen MR) is 153 cm³/mol. The van der Waals surface area contributed by atoms with Crippen LogP contribution >= 0.6 is 7.82 Å². The van der Waals surface area contributed by atoms with Gasteiger partial charge >= 0.3 is 7.82 Å². The van der Waals surface area contributed by atoms with Gasteiger partial charge in [-0.15, -0.1) is 15.2 Å². The van der Waals surface area contributed by atoms with Crippen molar-refractivity contribution in [2.45, 2.75) is 138 Å². The Bertz CT molecular complexity index is 834. The minimum Gasteiger partial charge on any atom is -0.358 e. The number of hydroxylamine groups is 6. The summed E-state index contributed by atoms with van der Waals surface area (Å²) in [5.41, 5.74) is -3.43. The molecule has 0 fully saturated rings. The number of nitrogens with zero attached hydrogens (tertiary/aromatic N) is 6. The molecule has 0 atom stereocenters. The first-order valence-electron chi connectivity index (χ1n) is 13.9. The molecule has 0 N–H and O–H groups in total. The van der Waals surface area contributed by atoms with Crippen LogP contribution in [0.3, 0.4) is 0 Å². The van der Waals surface area contributed by atoms with E-state index in [2.05, 4.69) is 0 Å². The lowest BCUT2D eigenvalue weighted by Gasteiger charge is -2.46. The molecule has 0 radical (unpaired) electrons. The van der Waals surface area contributed by atoms with Crippen molar-refractivity contribution in [2.24, 2.45) is 0 Å². The predicted octanol–water partition coefficient (Wildman–Crippen LogP) is 6.02. The highest BCUT2D eigenvalue weighted by atomic mass is 31.2. The molecular formula is C27H51N6O7P. The van der Waals surface area contributed by atoms with Crippen LogP contribution in [0.5, 0.6) is 0 Å². The van der Waals surface area contributed by atoms with E-state index >= 15 is 0 Å². The van der Waals surface area contributed by atoms with Crippen molar-refractivity contribution in [3.05, 3.63) is 0 Å². The SMILES string of the molecule is CC(C)N(OP(=O)(ON(C(C)C)C(C)(C)OCCC#N)ON(C(C)C)C(C)(C)OCCC#N)C(C)(C)OCCC#N. The third-order valence-corrected chi connectivity index (χ3v) is 6.70. The van der Waals surface area contributed by atoms with Crippen molar-refractivity contribution in [2.75, 3.05) is 19.8 Å². The second-order valence-corrected chi connectivity index (χ2v) is 12.9. The zero-order chi connectivity index (χ0) is 32.1. The molecule has 13 nitrogen and oxygen atoms in total. The Morgan fingerprint density at radius 2 is 0.780 bits per heavy atom. The van der Waals surface area contributed by atoms with E-state index in [0.29, 0.717) is 0 Å². The zero-order valence-electron chi connectivity index (χ0n) is 27.0. The second kappa shape index (κ2) is 17.5. The maximum Gasteiger partial charge on any atom is 0.525 e. The third-order valence-electron chi connectivity index (χ3n) is 5.57. The standard InChI is InChI=1S/C27H51N6O7P/c1-22(2)31(25(7,8)35-19-13-16-28)38-41(34,39-32(23(3)4)26(9,10)36-20-14-17-29)40-33(24(5)6)27(11,12)37-21-15-18-30/h22-24H,13-15,19-21H2,1-12H3. The van der Waals surface area contributed by atoms with Crippen molar-refractivity contribution in [3.63, 3.8) is 0 Å². The highest BCUT2D eigenvalue weighted by Crippen LogP contribution is 2.56. The molecule has 0 aromatic carbocycles. The van der Waals surface area contributed by atoms with Crippen LogP contribution in [0.25, 0.3) is 0 Å². The summed E-state index contributed by atoms with van der Waals surface area (Å²) in [7, 11) is -4.61. The molecule has 0 unspecified atom stereocenters. The summed E-state index contributed by atoms with van der Waals surface area (Å²) in [5, 5.41) is 31.0. The van der Waals surface area contributed by atoms with Gasteiger partial charge < -0.3 is 14.2 Å². The van der Waals surface area contributed by atoms with E-state index in [1.165, 1.54) is 15.2 Å². The van der Waals surface area contributed by atoms with Crippen molar-refractivity contribution in [1.82, 2.24) is 15.2 Å². The zero-order valence-corrected chi connectivity index (χ0v) is 27.9. The summed E-state index contributed by atoms with van der Waals surface area (Å²) in [6.07, 6.45) is 0.472. The fourth-order valence-electron chi connectivity index (χ4n) is 4.04. The van der Waals surface area contributed by atoms with Crippen LogP contribution in [-0.4, -0.2) is 70.3 Å². The number of hydrogen-bond donors (Lipinski definition) is 0. The van der Waals surface area contributed by atoms with Crippen molar-refractivity contribution in [1.29, 1.82) is 15.8 Å². The van der Waals surface area contributed by atoms with Gasteiger partial charge in [-0.3, -0.25) is 0 Å². The monoisotopic (exact) mass is 602 g/mol. The van der Waals surface area contributed by atoms with Gasteiger partial charge in [-0.2, -0.15) is 29.7 Å². The van der Waals surface area contributed by atoms with Gasteiger partial charge in [0, 0.05) is 18.1 Å². The van der Waals surface area contributed by atoms with Crippen LogP contribution in [0.15, 0.2) is 0 Å². The average Bonchev–Trinajstić information content (AvgIpc) is 2.84. The maximum atomic E-state index is 14.8. The molecule has 0 heterocycles. The van der Waals surface area contributed by atoms with Gasteiger partial charge in [0.05, 0.1) is 57.3 Å². The van der Waals surface area contributed by atoms with Gasteiger partial charge in [0.15, 0.2) is 0 Å². The van der Waals surface area contributed by atoms with Crippen LogP contribution in [0.2, 0.25) is 0 Å². The number of phosphoric acid groups is 1. The fourth-order valence-corrected chi connectivity index (χ4v) is 5.93. The molecule has 0 spiro atoms. The summed E-state index contributed by atoms with van der Waals surface area (Å²) in [4.78, 5) is 0. The number of rotatable bonds is 21. The molecule has 0 aliphatic heterocycles. The van der Waals surface area contributed by atoms with E-state index in [1.54, 1.807) is 41.5 Å². The number of nitriles is 3. The highest BCUT2D eigenvalue weighted by molar-refractivity contribution is 7.48. The highest BCUT2D eigenvalue weighted by Gasteiger charge is 2.48. The number of hydrogen-bond acceptors (Lipinski definition) is 13. The summed E-state index contributed by atoms with van der Waals surface area (Å²) in [6, 6.07) is 5.01. The van der Waals surface area contributed by atoms with E-state index in [9.17, 15) is 4.57 Å². The first-order valence-corrected chi connectivity index (χ1v) is 15.4. The fraction of sp³-hybridized carbons (Fsp3) is 0.889. The molecule has 0 aliphatic rings. The molecule has 41 heavy (non-hydrogen) atoms. The van der Waals surface area contributed by atoms with Gasteiger partial charge in [-0.05, 0) is 83.1 Å². The first-order chi connectivity index (χ1) is 18.8. The Balaban J connectivity index is 6.73. The molecule has 0 aliphatic carbocycles. The van der Waals surface area contributed by atoms with Crippen molar-refractivity contribution >= 4 is 7.82 Å². The molecule has 14 heteroatoms. The molecule has 0 aromatic heterocycles. The van der Waals surface area contributed by atoms with Crippen LogP contribution in [0.4, 0.5) is 0 Å². The molecule has 0 bridgehead atoms. The molecule has 0 amide bonds.